The normalized spacial score (nSPS) is 16.3. The maximum Gasteiger partial charge on any atom is 0.248 e. The Morgan fingerprint density at radius 1 is 1.36 bits per heavy atom. The molecule has 0 aromatic carbocycles. The molecule has 0 unspecified atom stereocenters. The molecule has 7 nitrogen and oxygen atoms in total. The summed E-state index contributed by atoms with van der Waals surface area (Å²) in [5.74, 6) is 0.0619. The van der Waals surface area contributed by atoms with Gasteiger partial charge in [0.25, 0.3) is 0 Å². The molecule has 138 valence electrons. The van der Waals surface area contributed by atoms with Crippen LogP contribution in [0.1, 0.15) is 29.8 Å². The molecule has 3 rings (SSSR count). The highest BCUT2D eigenvalue weighted by molar-refractivity contribution is 5.85. The maximum absolute atomic E-state index is 13.0. The number of amides is 1. The number of rotatable bonds is 5. The van der Waals surface area contributed by atoms with E-state index in [1.165, 1.54) is 5.56 Å². The number of hydrogen-bond acceptors (Lipinski definition) is 4. The van der Waals surface area contributed by atoms with Crippen LogP contribution in [-0.4, -0.2) is 45.1 Å². The molecule has 0 bridgehead atoms. The summed E-state index contributed by atoms with van der Waals surface area (Å²) in [6.07, 6.45) is 5.93. The molecule has 3 heterocycles. The van der Waals surface area contributed by atoms with Crippen molar-refractivity contribution in [1.29, 1.82) is 0 Å². The minimum Gasteiger partial charge on any atom is -0.354 e. The first-order valence-electron chi connectivity index (χ1n) is 8.53. The largest absolute Gasteiger partial charge is 0.354 e. The van der Waals surface area contributed by atoms with Crippen LogP contribution in [0.25, 0.3) is 0 Å². The van der Waals surface area contributed by atoms with Crippen molar-refractivity contribution in [2.45, 2.75) is 38.6 Å². The number of aryl methyl sites for hydroxylation is 2. The monoisotopic (exact) mass is 366 g/mol. The summed E-state index contributed by atoms with van der Waals surface area (Å²) in [7, 11) is 1.95. The molecule has 0 radical (unpaired) electrons. The number of carbonyl (C=O) groups is 1. The van der Waals surface area contributed by atoms with Crippen LogP contribution in [0.4, 0.5) is 0 Å². The molecule has 0 atom stereocenters. The van der Waals surface area contributed by atoms with E-state index in [9.17, 15) is 4.79 Å². The van der Waals surface area contributed by atoms with Crippen molar-refractivity contribution in [3.63, 3.8) is 0 Å². The van der Waals surface area contributed by atoms with E-state index in [0.717, 1.165) is 43.7 Å². The Labute approximate surface area is 154 Å². The Morgan fingerprint density at radius 3 is 2.64 bits per heavy atom. The van der Waals surface area contributed by atoms with E-state index in [1.807, 2.05) is 35.6 Å². The van der Waals surface area contributed by atoms with Gasteiger partial charge in [-0.2, -0.15) is 10.2 Å². The molecule has 1 aliphatic rings. The molecule has 1 saturated heterocycles. The summed E-state index contributed by atoms with van der Waals surface area (Å²) in [4.78, 5) is 13.0. The fourth-order valence-electron chi connectivity index (χ4n) is 3.57. The Kier molecular flexibility index (Phi) is 6.24. The van der Waals surface area contributed by atoms with Gasteiger partial charge in [0.1, 0.15) is 5.54 Å². The van der Waals surface area contributed by atoms with E-state index in [4.69, 9.17) is 0 Å². The molecule has 0 spiro atoms. The summed E-state index contributed by atoms with van der Waals surface area (Å²) < 4.78 is 3.72. The van der Waals surface area contributed by atoms with Gasteiger partial charge in [-0.1, -0.05) is 0 Å². The van der Waals surface area contributed by atoms with E-state index in [1.54, 1.807) is 6.20 Å². The van der Waals surface area contributed by atoms with Crippen LogP contribution in [0, 0.1) is 13.8 Å². The number of piperidine rings is 1. The molecule has 1 aliphatic heterocycles. The van der Waals surface area contributed by atoms with Crippen molar-refractivity contribution >= 4 is 18.3 Å². The number of carbonyl (C=O) groups excluding carboxylic acids is 1. The molecular weight excluding hydrogens is 340 g/mol. The van der Waals surface area contributed by atoms with Gasteiger partial charge in [0, 0.05) is 31.7 Å². The lowest BCUT2D eigenvalue weighted by Gasteiger charge is -2.36. The van der Waals surface area contributed by atoms with Crippen molar-refractivity contribution in [3.05, 3.63) is 35.4 Å². The Bertz CT molecular complexity index is 703. The zero-order valence-electron chi connectivity index (χ0n) is 15.1. The summed E-state index contributed by atoms with van der Waals surface area (Å²) in [6.45, 7) is 6.35. The number of nitrogens with zero attached hydrogens (tertiary/aromatic N) is 4. The zero-order chi connectivity index (χ0) is 17.2. The van der Waals surface area contributed by atoms with Crippen molar-refractivity contribution in [3.8, 4) is 0 Å². The van der Waals surface area contributed by atoms with Gasteiger partial charge in [-0.15, -0.1) is 12.4 Å². The summed E-state index contributed by atoms with van der Waals surface area (Å²) in [5.41, 5.74) is 2.84. The quantitative estimate of drug-likeness (QED) is 0.830. The smallest absolute Gasteiger partial charge is 0.248 e. The first-order chi connectivity index (χ1) is 11.5. The second-order valence-electron chi connectivity index (χ2n) is 6.51. The van der Waals surface area contributed by atoms with Gasteiger partial charge in [0.15, 0.2) is 0 Å². The first-order valence-corrected chi connectivity index (χ1v) is 8.53. The third-order valence-corrected chi connectivity index (χ3v) is 5.12. The van der Waals surface area contributed by atoms with Gasteiger partial charge in [-0.25, -0.2) is 0 Å². The Balaban J connectivity index is 0.00000225. The predicted octanol–water partition coefficient (Wildman–Crippen LogP) is 1.09. The summed E-state index contributed by atoms with van der Waals surface area (Å²) in [6, 6.07) is 1.87. The number of nitrogens with one attached hydrogen (secondary N) is 2. The first kappa shape index (κ1) is 19.5. The minimum atomic E-state index is -0.576. The topological polar surface area (TPSA) is 76.8 Å². The average Bonchev–Trinajstić information content (AvgIpc) is 3.20. The van der Waals surface area contributed by atoms with Gasteiger partial charge < -0.3 is 10.6 Å². The van der Waals surface area contributed by atoms with Crippen LogP contribution in [-0.2, 0) is 23.8 Å². The molecule has 1 fully saturated rings. The van der Waals surface area contributed by atoms with Gasteiger partial charge in [-0.05, 0) is 57.8 Å². The van der Waals surface area contributed by atoms with Gasteiger partial charge in [0.05, 0.1) is 5.69 Å². The van der Waals surface area contributed by atoms with Crippen molar-refractivity contribution < 1.29 is 4.79 Å². The third-order valence-electron chi connectivity index (χ3n) is 5.12. The zero-order valence-corrected chi connectivity index (χ0v) is 15.9. The lowest BCUT2D eigenvalue weighted by molar-refractivity contribution is -0.131. The molecular formula is C17H27ClN6O. The third kappa shape index (κ3) is 3.72. The van der Waals surface area contributed by atoms with Gasteiger partial charge in [-0.3, -0.25) is 14.2 Å². The highest BCUT2D eigenvalue weighted by Gasteiger charge is 2.41. The second-order valence-corrected chi connectivity index (χ2v) is 6.51. The highest BCUT2D eigenvalue weighted by Crippen LogP contribution is 2.27. The van der Waals surface area contributed by atoms with E-state index >= 15 is 0 Å². The van der Waals surface area contributed by atoms with E-state index in [0.29, 0.717) is 6.54 Å². The predicted molar refractivity (Wildman–Crippen MR) is 98.9 cm³/mol. The lowest BCUT2D eigenvalue weighted by atomic mass is 9.87. The van der Waals surface area contributed by atoms with Crippen LogP contribution in [0.2, 0.25) is 0 Å². The molecule has 2 N–H and O–H groups in total. The van der Waals surface area contributed by atoms with Crippen LogP contribution < -0.4 is 10.6 Å². The standard InChI is InChI=1S/C17H26N6O.ClH/c1-13-15(14(2)22(3)21-13)5-9-19-16(24)17(6-10-18-11-7-17)23-12-4-8-20-23;/h4,8,12,18H,5-7,9-11H2,1-3H3,(H,19,24);1H. The second kappa shape index (κ2) is 8.01. The summed E-state index contributed by atoms with van der Waals surface area (Å²) in [5, 5.41) is 15.2. The molecule has 2 aromatic heterocycles. The Morgan fingerprint density at radius 2 is 2.08 bits per heavy atom. The number of halogens is 1. The fourth-order valence-corrected chi connectivity index (χ4v) is 3.57. The average molecular weight is 367 g/mol. The SMILES string of the molecule is Cc1nn(C)c(C)c1CCNC(=O)C1(n2cccn2)CCNCC1.Cl. The Hall–Kier alpha value is -1.86. The maximum atomic E-state index is 13.0. The van der Waals surface area contributed by atoms with Crippen LogP contribution >= 0.6 is 12.4 Å². The molecule has 25 heavy (non-hydrogen) atoms. The molecule has 1 amide bonds. The van der Waals surface area contributed by atoms with Crippen molar-refractivity contribution in [2.75, 3.05) is 19.6 Å². The van der Waals surface area contributed by atoms with Gasteiger partial charge in [0.2, 0.25) is 5.91 Å². The van der Waals surface area contributed by atoms with E-state index in [2.05, 4.69) is 27.8 Å². The molecule has 8 heteroatoms. The van der Waals surface area contributed by atoms with Crippen molar-refractivity contribution in [2.24, 2.45) is 7.05 Å². The van der Waals surface area contributed by atoms with Gasteiger partial charge >= 0.3 is 0 Å². The number of aromatic nitrogens is 4. The summed E-state index contributed by atoms with van der Waals surface area (Å²) >= 11 is 0. The highest BCUT2D eigenvalue weighted by atomic mass is 35.5. The van der Waals surface area contributed by atoms with Crippen LogP contribution in [0.5, 0.6) is 0 Å². The van der Waals surface area contributed by atoms with E-state index in [-0.39, 0.29) is 18.3 Å². The lowest BCUT2D eigenvalue weighted by Crippen LogP contribution is -2.54. The molecule has 0 saturated carbocycles. The van der Waals surface area contributed by atoms with Crippen LogP contribution in [0.3, 0.4) is 0 Å². The molecule has 0 aliphatic carbocycles. The van der Waals surface area contributed by atoms with Crippen LogP contribution in [0.15, 0.2) is 18.5 Å². The minimum absolute atomic E-state index is 0. The van der Waals surface area contributed by atoms with Crippen molar-refractivity contribution in [1.82, 2.24) is 30.2 Å². The molecule has 2 aromatic rings. The van der Waals surface area contributed by atoms with E-state index < -0.39 is 5.54 Å². The number of hydrogen-bond donors (Lipinski definition) is 2. The fraction of sp³-hybridized carbons (Fsp3) is 0.588.